The number of nitrogens with zero attached hydrogens (tertiary/aromatic N) is 2. The van der Waals surface area contributed by atoms with E-state index in [0.717, 1.165) is 52.1 Å². The van der Waals surface area contributed by atoms with Crippen LogP contribution in [0.3, 0.4) is 0 Å². The predicted octanol–water partition coefficient (Wildman–Crippen LogP) is 4.42. The summed E-state index contributed by atoms with van der Waals surface area (Å²) in [6.45, 7) is 5.56. The normalized spacial score (nSPS) is 15.2. The molecule has 1 N–H and O–H groups in total. The maximum absolute atomic E-state index is 13.0. The Kier molecular flexibility index (Phi) is 6.32. The number of benzene rings is 2. The number of anilines is 2. The molecule has 1 amide bonds. The third-order valence-electron chi connectivity index (χ3n) is 4.45. The second-order valence-corrected chi connectivity index (χ2v) is 8.14. The average molecular weight is 485 g/mol. The van der Waals surface area contributed by atoms with Crippen molar-refractivity contribution in [1.29, 1.82) is 0 Å². The molecule has 1 fully saturated rings. The number of nitrogens with one attached hydrogen (secondary N) is 1. The van der Waals surface area contributed by atoms with Gasteiger partial charge in [-0.05, 0) is 64.8 Å². The molecule has 0 aliphatic carbocycles. The number of hydrogen-bond donors (Lipinski definition) is 1. The van der Waals surface area contributed by atoms with Gasteiger partial charge in [-0.25, -0.2) is 4.39 Å². The molecule has 1 heterocycles. The smallest absolute Gasteiger partial charge is 0.238 e. The van der Waals surface area contributed by atoms with Crippen LogP contribution in [0, 0.1) is 12.7 Å². The summed E-state index contributed by atoms with van der Waals surface area (Å²) in [5, 5.41) is 3.00. The fourth-order valence-electron chi connectivity index (χ4n) is 3.06. The summed E-state index contributed by atoms with van der Waals surface area (Å²) in [4.78, 5) is 16.8. The molecule has 1 saturated heterocycles. The van der Waals surface area contributed by atoms with Gasteiger partial charge < -0.3 is 10.2 Å². The molecule has 2 aromatic carbocycles. The van der Waals surface area contributed by atoms with E-state index in [0.29, 0.717) is 6.54 Å². The summed E-state index contributed by atoms with van der Waals surface area (Å²) in [7, 11) is 0. The minimum absolute atomic E-state index is 0.0219. The predicted molar refractivity (Wildman–Crippen MR) is 110 cm³/mol. The highest BCUT2D eigenvalue weighted by Crippen LogP contribution is 2.30. The second kappa shape index (κ2) is 8.50. The van der Waals surface area contributed by atoms with Crippen molar-refractivity contribution in [2.24, 2.45) is 0 Å². The molecule has 0 saturated carbocycles. The van der Waals surface area contributed by atoms with Gasteiger partial charge in [-0.15, -0.1) is 0 Å². The number of aryl methyl sites for hydroxylation is 1. The first kappa shape index (κ1) is 19.3. The summed E-state index contributed by atoms with van der Waals surface area (Å²) in [5.41, 5.74) is 2.83. The van der Waals surface area contributed by atoms with Gasteiger partial charge in [-0.2, -0.15) is 0 Å². The number of piperazine rings is 1. The van der Waals surface area contributed by atoms with Gasteiger partial charge in [0.25, 0.3) is 0 Å². The van der Waals surface area contributed by atoms with Crippen molar-refractivity contribution >= 4 is 49.1 Å². The molecular formula is C19H20Br2FN3O. The quantitative estimate of drug-likeness (QED) is 0.697. The van der Waals surface area contributed by atoms with E-state index in [4.69, 9.17) is 0 Å². The van der Waals surface area contributed by atoms with Crippen molar-refractivity contribution in [2.75, 3.05) is 42.9 Å². The second-order valence-electron chi connectivity index (χ2n) is 6.37. The van der Waals surface area contributed by atoms with Crippen LogP contribution >= 0.6 is 31.9 Å². The number of rotatable bonds is 4. The molecule has 138 valence electrons. The summed E-state index contributed by atoms with van der Waals surface area (Å²) in [5.74, 6) is -0.246. The number of halogens is 3. The SMILES string of the molecule is Cc1cc(Br)cc(Br)c1NC(=O)CN1CCN(c2ccc(F)cc2)CC1. The van der Waals surface area contributed by atoms with Crippen molar-refractivity contribution in [1.82, 2.24) is 4.90 Å². The van der Waals surface area contributed by atoms with Gasteiger partial charge in [0, 0.05) is 40.8 Å². The Balaban J connectivity index is 1.53. The average Bonchev–Trinajstić information content (AvgIpc) is 2.59. The Morgan fingerprint density at radius 3 is 2.38 bits per heavy atom. The van der Waals surface area contributed by atoms with E-state index < -0.39 is 0 Å². The Labute approximate surface area is 169 Å². The van der Waals surface area contributed by atoms with Crippen LogP contribution in [0.25, 0.3) is 0 Å². The van der Waals surface area contributed by atoms with Gasteiger partial charge in [0.15, 0.2) is 0 Å². The van der Waals surface area contributed by atoms with E-state index in [1.807, 2.05) is 19.1 Å². The third kappa shape index (κ3) is 4.84. The number of carbonyl (C=O) groups is 1. The van der Waals surface area contributed by atoms with Gasteiger partial charge >= 0.3 is 0 Å². The molecule has 0 spiro atoms. The first-order valence-electron chi connectivity index (χ1n) is 8.41. The molecule has 0 aromatic heterocycles. The van der Waals surface area contributed by atoms with Crippen molar-refractivity contribution in [3.63, 3.8) is 0 Å². The fourth-order valence-corrected chi connectivity index (χ4v) is 4.60. The van der Waals surface area contributed by atoms with Crippen molar-refractivity contribution < 1.29 is 9.18 Å². The van der Waals surface area contributed by atoms with Gasteiger partial charge in [0.2, 0.25) is 5.91 Å². The summed E-state index contributed by atoms with van der Waals surface area (Å²) < 4.78 is 14.9. The molecule has 1 aliphatic rings. The molecule has 4 nitrogen and oxygen atoms in total. The zero-order valence-electron chi connectivity index (χ0n) is 14.4. The van der Waals surface area contributed by atoms with Crippen molar-refractivity contribution in [2.45, 2.75) is 6.92 Å². The first-order valence-corrected chi connectivity index (χ1v) is 9.99. The maximum Gasteiger partial charge on any atom is 0.238 e. The van der Waals surface area contributed by atoms with E-state index in [2.05, 4.69) is 47.0 Å². The third-order valence-corrected chi connectivity index (χ3v) is 5.53. The van der Waals surface area contributed by atoms with E-state index in [-0.39, 0.29) is 11.7 Å². The lowest BCUT2D eigenvalue weighted by atomic mass is 10.2. The molecule has 3 rings (SSSR count). The highest BCUT2D eigenvalue weighted by atomic mass is 79.9. The monoisotopic (exact) mass is 483 g/mol. The van der Waals surface area contributed by atoms with Gasteiger partial charge in [-0.3, -0.25) is 9.69 Å². The zero-order valence-corrected chi connectivity index (χ0v) is 17.6. The first-order chi connectivity index (χ1) is 12.4. The topological polar surface area (TPSA) is 35.6 Å². The van der Waals surface area contributed by atoms with E-state index in [1.54, 1.807) is 12.1 Å². The summed E-state index contributed by atoms with van der Waals surface area (Å²) in [6, 6.07) is 10.4. The lowest BCUT2D eigenvalue weighted by Gasteiger charge is -2.35. The largest absolute Gasteiger partial charge is 0.369 e. The van der Waals surface area contributed by atoms with Crippen LogP contribution in [-0.2, 0) is 4.79 Å². The number of carbonyl (C=O) groups excluding carboxylic acids is 1. The Morgan fingerprint density at radius 1 is 1.12 bits per heavy atom. The van der Waals surface area contributed by atoms with Crippen LogP contribution < -0.4 is 10.2 Å². The van der Waals surface area contributed by atoms with Crippen molar-refractivity contribution in [3.05, 3.63) is 56.7 Å². The molecule has 2 aromatic rings. The molecule has 0 bridgehead atoms. The summed E-state index contributed by atoms with van der Waals surface area (Å²) in [6.07, 6.45) is 0. The molecule has 1 aliphatic heterocycles. The Morgan fingerprint density at radius 2 is 1.77 bits per heavy atom. The lowest BCUT2D eigenvalue weighted by molar-refractivity contribution is -0.117. The van der Waals surface area contributed by atoms with Crippen LogP contribution in [0.4, 0.5) is 15.8 Å². The minimum atomic E-state index is -0.224. The van der Waals surface area contributed by atoms with Crippen LogP contribution in [0.15, 0.2) is 45.3 Å². The maximum atomic E-state index is 13.0. The fraction of sp³-hybridized carbons (Fsp3) is 0.316. The van der Waals surface area contributed by atoms with Crippen LogP contribution in [-0.4, -0.2) is 43.5 Å². The Bertz CT molecular complexity index is 767. The number of hydrogen-bond acceptors (Lipinski definition) is 3. The van der Waals surface area contributed by atoms with Crippen LogP contribution in [0.5, 0.6) is 0 Å². The molecular weight excluding hydrogens is 465 g/mol. The van der Waals surface area contributed by atoms with E-state index >= 15 is 0 Å². The van der Waals surface area contributed by atoms with Crippen molar-refractivity contribution in [3.8, 4) is 0 Å². The zero-order chi connectivity index (χ0) is 18.7. The van der Waals surface area contributed by atoms with E-state index in [9.17, 15) is 9.18 Å². The molecule has 0 atom stereocenters. The lowest BCUT2D eigenvalue weighted by Crippen LogP contribution is -2.48. The summed E-state index contributed by atoms with van der Waals surface area (Å²) >= 11 is 6.94. The van der Waals surface area contributed by atoms with Crippen LogP contribution in [0.2, 0.25) is 0 Å². The Hall–Kier alpha value is -1.44. The van der Waals surface area contributed by atoms with Crippen LogP contribution in [0.1, 0.15) is 5.56 Å². The molecule has 0 radical (unpaired) electrons. The van der Waals surface area contributed by atoms with Gasteiger partial charge in [-0.1, -0.05) is 15.9 Å². The molecule has 7 heteroatoms. The molecule has 0 unspecified atom stereocenters. The number of amides is 1. The standard InChI is InChI=1S/C19H20Br2FN3O/c1-13-10-14(20)11-17(21)19(13)23-18(26)12-24-6-8-25(9-7-24)16-4-2-15(22)3-5-16/h2-5,10-11H,6-9,12H2,1H3,(H,23,26). The minimum Gasteiger partial charge on any atom is -0.369 e. The highest BCUT2D eigenvalue weighted by Gasteiger charge is 2.20. The van der Waals surface area contributed by atoms with Gasteiger partial charge in [0.1, 0.15) is 5.82 Å². The van der Waals surface area contributed by atoms with Gasteiger partial charge in [0.05, 0.1) is 12.2 Å². The molecule has 26 heavy (non-hydrogen) atoms. The van der Waals surface area contributed by atoms with E-state index in [1.165, 1.54) is 12.1 Å². The highest BCUT2D eigenvalue weighted by molar-refractivity contribution is 9.11.